The van der Waals surface area contributed by atoms with Gasteiger partial charge in [-0.05, 0) is 12.2 Å². The van der Waals surface area contributed by atoms with Gasteiger partial charge in [0, 0.05) is 0 Å². The van der Waals surface area contributed by atoms with Crippen molar-refractivity contribution < 1.29 is 10.0 Å². The van der Waals surface area contributed by atoms with Crippen LogP contribution in [-0.4, -0.2) is 17.2 Å². The Labute approximate surface area is 69.8 Å². The number of rotatable bonds is 6. The summed E-state index contributed by atoms with van der Waals surface area (Å²) in [5, 5.41) is 17.3. The Morgan fingerprint density at radius 2 is 1.91 bits per heavy atom. The standard InChI is InChI=1S/C8H19BO2/c1-3-4-5-6-8(2)7-9(10)11/h8,10-11H,3-7H2,1-2H3. The van der Waals surface area contributed by atoms with Gasteiger partial charge in [0.15, 0.2) is 0 Å². The van der Waals surface area contributed by atoms with Gasteiger partial charge >= 0.3 is 7.12 Å². The maximum Gasteiger partial charge on any atom is 0.451 e. The second kappa shape index (κ2) is 6.68. The second-order valence-corrected chi connectivity index (χ2v) is 3.32. The fourth-order valence-electron chi connectivity index (χ4n) is 1.22. The first-order chi connectivity index (χ1) is 5.16. The third-order valence-electron chi connectivity index (χ3n) is 1.91. The predicted octanol–water partition coefficient (Wildman–Crippen LogP) is 1.68. The van der Waals surface area contributed by atoms with Crippen LogP contribution in [0.4, 0.5) is 0 Å². The van der Waals surface area contributed by atoms with Crippen LogP contribution in [-0.2, 0) is 0 Å². The highest BCUT2D eigenvalue weighted by Crippen LogP contribution is 2.13. The van der Waals surface area contributed by atoms with Crippen LogP contribution in [0.15, 0.2) is 0 Å². The van der Waals surface area contributed by atoms with E-state index in [0.29, 0.717) is 12.2 Å². The molecule has 3 heteroatoms. The minimum absolute atomic E-state index is 0.446. The molecule has 0 aromatic rings. The lowest BCUT2D eigenvalue weighted by Crippen LogP contribution is -2.14. The van der Waals surface area contributed by atoms with Crippen LogP contribution in [0.25, 0.3) is 0 Å². The Hall–Kier alpha value is -0.0151. The van der Waals surface area contributed by atoms with E-state index in [1.54, 1.807) is 0 Å². The first kappa shape index (κ1) is 11.0. The molecule has 0 fully saturated rings. The highest BCUT2D eigenvalue weighted by Gasteiger charge is 2.11. The first-order valence-corrected chi connectivity index (χ1v) is 4.53. The molecule has 1 unspecified atom stereocenters. The van der Waals surface area contributed by atoms with Gasteiger partial charge in [-0.25, -0.2) is 0 Å². The van der Waals surface area contributed by atoms with Crippen LogP contribution in [0.2, 0.25) is 6.32 Å². The molecule has 11 heavy (non-hydrogen) atoms. The van der Waals surface area contributed by atoms with E-state index in [1.807, 2.05) is 0 Å². The molecule has 0 saturated carbocycles. The SMILES string of the molecule is CCCCCC(C)CB(O)O. The summed E-state index contributed by atoms with van der Waals surface area (Å²) in [4.78, 5) is 0. The van der Waals surface area contributed by atoms with Gasteiger partial charge in [0.25, 0.3) is 0 Å². The summed E-state index contributed by atoms with van der Waals surface area (Å²) in [7, 11) is -1.12. The van der Waals surface area contributed by atoms with Crippen molar-refractivity contribution in [2.75, 3.05) is 0 Å². The van der Waals surface area contributed by atoms with Crippen LogP contribution < -0.4 is 0 Å². The largest absolute Gasteiger partial charge is 0.451 e. The Kier molecular flexibility index (Phi) is 6.67. The fourth-order valence-corrected chi connectivity index (χ4v) is 1.22. The highest BCUT2D eigenvalue weighted by atomic mass is 16.4. The molecular weight excluding hydrogens is 139 g/mol. The Balaban J connectivity index is 3.15. The lowest BCUT2D eigenvalue weighted by molar-refractivity contribution is 0.383. The summed E-state index contributed by atoms with van der Waals surface area (Å²) in [5.41, 5.74) is 0. The topological polar surface area (TPSA) is 40.5 Å². The van der Waals surface area contributed by atoms with Crippen molar-refractivity contribution in [1.82, 2.24) is 0 Å². The minimum atomic E-state index is -1.12. The Morgan fingerprint density at radius 3 is 2.36 bits per heavy atom. The summed E-state index contributed by atoms with van der Waals surface area (Å²) >= 11 is 0. The average Bonchev–Trinajstić information content (AvgIpc) is 1.86. The molecule has 0 bridgehead atoms. The van der Waals surface area contributed by atoms with Crippen molar-refractivity contribution >= 4 is 7.12 Å². The van der Waals surface area contributed by atoms with Gasteiger partial charge in [0.05, 0.1) is 0 Å². The molecular formula is C8H19BO2. The van der Waals surface area contributed by atoms with Crippen LogP contribution in [0.3, 0.4) is 0 Å². The quantitative estimate of drug-likeness (QED) is 0.456. The maximum atomic E-state index is 8.63. The van der Waals surface area contributed by atoms with Gasteiger partial charge in [-0.15, -0.1) is 0 Å². The zero-order valence-corrected chi connectivity index (χ0v) is 7.58. The highest BCUT2D eigenvalue weighted by molar-refractivity contribution is 6.41. The summed E-state index contributed by atoms with van der Waals surface area (Å²) < 4.78 is 0. The lowest BCUT2D eigenvalue weighted by Gasteiger charge is -2.08. The number of unbranched alkanes of at least 4 members (excludes halogenated alkanes) is 2. The van der Waals surface area contributed by atoms with Crippen LogP contribution in [0.1, 0.15) is 39.5 Å². The molecule has 2 nitrogen and oxygen atoms in total. The summed E-state index contributed by atoms with van der Waals surface area (Å²) in [6.07, 6.45) is 5.33. The predicted molar refractivity (Wildman–Crippen MR) is 48.3 cm³/mol. The lowest BCUT2D eigenvalue weighted by atomic mass is 9.77. The van der Waals surface area contributed by atoms with Crippen LogP contribution >= 0.6 is 0 Å². The minimum Gasteiger partial charge on any atom is -0.427 e. The molecule has 2 N–H and O–H groups in total. The molecule has 0 aliphatic rings. The normalized spacial score (nSPS) is 13.1. The zero-order valence-electron chi connectivity index (χ0n) is 7.58. The monoisotopic (exact) mass is 158 g/mol. The third kappa shape index (κ3) is 7.89. The summed E-state index contributed by atoms with van der Waals surface area (Å²) in [6.45, 7) is 4.24. The average molecular weight is 158 g/mol. The van der Waals surface area contributed by atoms with Gasteiger partial charge in [-0.3, -0.25) is 0 Å². The molecule has 0 aliphatic carbocycles. The van der Waals surface area contributed by atoms with E-state index in [9.17, 15) is 0 Å². The van der Waals surface area contributed by atoms with Gasteiger partial charge < -0.3 is 10.0 Å². The Bertz CT molecular complexity index is 86.2. The maximum absolute atomic E-state index is 8.63. The van der Waals surface area contributed by atoms with Crippen molar-refractivity contribution in [2.45, 2.75) is 45.9 Å². The molecule has 0 aromatic carbocycles. The van der Waals surface area contributed by atoms with Gasteiger partial charge in [0.2, 0.25) is 0 Å². The van der Waals surface area contributed by atoms with Gasteiger partial charge in [0.1, 0.15) is 0 Å². The second-order valence-electron chi connectivity index (χ2n) is 3.32. The molecule has 0 heterocycles. The zero-order chi connectivity index (χ0) is 8.69. The molecule has 1 atom stereocenters. The number of hydrogen-bond acceptors (Lipinski definition) is 2. The molecule has 0 aliphatic heterocycles. The molecule has 0 saturated heterocycles. The summed E-state index contributed by atoms with van der Waals surface area (Å²) in [5.74, 6) is 0.446. The van der Waals surface area contributed by atoms with Crippen molar-refractivity contribution in [3.63, 3.8) is 0 Å². The van der Waals surface area contributed by atoms with E-state index >= 15 is 0 Å². The Morgan fingerprint density at radius 1 is 1.27 bits per heavy atom. The van der Waals surface area contributed by atoms with Crippen LogP contribution in [0, 0.1) is 5.92 Å². The molecule has 0 radical (unpaired) electrons. The molecule has 0 amide bonds. The third-order valence-corrected chi connectivity index (χ3v) is 1.91. The first-order valence-electron chi connectivity index (χ1n) is 4.53. The van der Waals surface area contributed by atoms with Crippen molar-refractivity contribution in [3.8, 4) is 0 Å². The molecule has 0 spiro atoms. The van der Waals surface area contributed by atoms with Crippen molar-refractivity contribution in [3.05, 3.63) is 0 Å². The van der Waals surface area contributed by atoms with Crippen molar-refractivity contribution in [2.24, 2.45) is 5.92 Å². The molecule has 0 rings (SSSR count). The van der Waals surface area contributed by atoms with E-state index in [1.165, 1.54) is 19.3 Å². The van der Waals surface area contributed by atoms with Crippen LogP contribution in [0.5, 0.6) is 0 Å². The van der Waals surface area contributed by atoms with Gasteiger partial charge in [-0.2, -0.15) is 0 Å². The van der Waals surface area contributed by atoms with E-state index < -0.39 is 7.12 Å². The van der Waals surface area contributed by atoms with E-state index in [4.69, 9.17) is 10.0 Å². The molecule has 66 valence electrons. The van der Waals surface area contributed by atoms with E-state index in [-0.39, 0.29) is 0 Å². The summed E-state index contributed by atoms with van der Waals surface area (Å²) in [6, 6.07) is 0. The smallest absolute Gasteiger partial charge is 0.427 e. The number of hydrogen-bond donors (Lipinski definition) is 2. The van der Waals surface area contributed by atoms with Crippen molar-refractivity contribution in [1.29, 1.82) is 0 Å². The van der Waals surface area contributed by atoms with Gasteiger partial charge in [-0.1, -0.05) is 39.5 Å². The van der Waals surface area contributed by atoms with E-state index in [0.717, 1.165) is 6.42 Å². The molecule has 0 aromatic heterocycles. The fraction of sp³-hybridized carbons (Fsp3) is 1.00. The van der Waals surface area contributed by atoms with E-state index in [2.05, 4.69) is 13.8 Å².